The van der Waals surface area contributed by atoms with E-state index in [1.165, 1.54) is 0 Å². The molecule has 0 atom stereocenters. The monoisotopic (exact) mass is 404 g/mol. The molecule has 0 bridgehead atoms. The van der Waals surface area contributed by atoms with Gasteiger partial charge >= 0.3 is 6.09 Å². The van der Waals surface area contributed by atoms with Crippen LogP contribution in [0.15, 0.2) is 18.6 Å². The van der Waals surface area contributed by atoms with Crippen molar-refractivity contribution in [3.05, 3.63) is 23.6 Å². The van der Waals surface area contributed by atoms with E-state index in [4.69, 9.17) is 16.3 Å². The Labute approximate surface area is 169 Å². The topological polar surface area (TPSA) is 85.2 Å². The lowest BCUT2D eigenvalue weighted by Gasteiger charge is -2.58. The molecule has 8 nitrogen and oxygen atoms in total. The second-order valence-electron chi connectivity index (χ2n) is 8.88. The Bertz CT molecular complexity index is 892. The number of carbonyl (C=O) groups is 1. The lowest BCUT2D eigenvalue weighted by Crippen LogP contribution is -2.66. The zero-order valence-corrected chi connectivity index (χ0v) is 17.3. The van der Waals surface area contributed by atoms with Gasteiger partial charge in [-0.05, 0) is 33.6 Å². The van der Waals surface area contributed by atoms with Crippen LogP contribution >= 0.6 is 11.6 Å². The van der Waals surface area contributed by atoms with Crippen LogP contribution in [0.2, 0.25) is 5.02 Å². The number of rotatable bonds is 3. The predicted octanol–water partition coefficient (Wildman–Crippen LogP) is 3.34. The highest BCUT2D eigenvalue weighted by molar-refractivity contribution is 6.32. The van der Waals surface area contributed by atoms with Crippen LogP contribution in [-0.2, 0) is 11.8 Å². The van der Waals surface area contributed by atoms with Crippen LogP contribution < -0.4 is 5.32 Å². The minimum atomic E-state index is -0.457. The minimum absolute atomic E-state index is 0.202. The Kier molecular flexibility index (Phi) is 4.49. The average Bonchev–Trinajstić information content (AvgIpc) is 2.94. The molecule has 28 heavy (non-hydrogen) atoms. The van der Waals surface area contributed by atoms with Crippen LogP contribution in [0.4, 0.5) is 10.7 Å². The SMILES string of the molecule is Cn1cc(-c2nc(NC3CC4(C3)CN(C(=O)OC(C)(C)C)C4)ncc2Cl)cn1. The van der Waals surface area contributed by atoms with Crippen molar-refractivity contribution < 1.29 is 9.53 Å². The number of carbonyl (C=O) groups excluding carboxylic acids is 1. The molecule has 1 aliphatic heterocycles. The summed E-state index contributed by atoms with van der Waals surface area (Å²) in [7, 11) is 1.85. The number of hydrogen-bond acceptors (Lipinski definition) is 6. The second-order valence-corrected chi connectivity index (χ2v) is 9.29. The van der Waals surface area contributed by atoms with E-state index in [9.17, 15) is 4.79 Å². The van der Waals surface area contributed by atoms with Crippen molar-refractivity contribution in [1.29, 1.82) is 0 Å². The molecule has 0 unspecified atom stereocenters. The molecule has 1 amide bonds. The quantitative estimate of drug-likeness (QED) is 0.844. The summed E-state index contributed by atoms with van der Waals surface area (Å²) in [6, 6.07) is 0.295. The van der Waals surface area contributed by atoms with Crippen molar-refractivity contribution in [2.75, 3.05) is 18.4 Å². The van der Waals surface area contributed by atoms with E-state index in [1.807, 2.05) is 34.0 Å². The zero-order valence-electron chi connectivity index (χ0n) is 16.6. The van der Waals surface area contributed by atoms with E-state index < -0.39 is 5.60 Å². The molecule has 2 aliphatic rings. The van der Waals surface area contributed by atoms with Crippen molar-refractivity contribution in [3.63, 3.8) is 0 Å². The summed E-state index contributed by atoms with van der Waals surface area (Å²) in [6.45, 7) is 7.16. The first-order valence-electron chi connectivity index (χ1n) is 9.39. The van der Waals surface area contributed by atoms with Gasteiger partial charge in [-0.15, -0.1) is 0 Å². The van der Waals surface area contributed by atoms with E-state index in [0.29, 0.717) is 22.7 Å². The fraction of sp³-hybridized carbons (Fsp3) is 0.579. The fourth-order valence-electron chi connectivity index (χ4n) is 3.93. The molecule has 4 rings (SSSR count). The van der Waals surface area contributed by atoms with Crippen molar-refractivity contribution in [3.8, 4) is 11.3 Å². The number of nitrogens with zero attached hydrogens (tertiary/aromatic N) is 5. The number of likely N-dealkylation sites (tertiary alicyclic amines) is 1. The van der Waals surface area contributed by atoms with Gasteiger partial charge < -0.3 is 15.0 Å². The van der Waals surface area contributed by atoms with Gasteiger partial charge in [0.15, 0.2) is 0 Å². The first kappa shape index (κ1) is 19.0. The van der Waals surface area contributed by atoms with Gasteiger partial charge in [0.2, 0.25) is 5.95 Å². The van der Waals surface area contributed by atoms with Gasteiger partial charge in [-0.25, -0.2) is 14.8 Å². The highest BCUT2D eigenvalue weighted by Crippen LogP contribution is 2.49. The molecule has 1 spiro atoms. The predicted molar refractivity (Wildman–Crippen MR) is 106 cm³/mol. The number of aryl methyl sites for hydroxylation is 1. The molecule has 1 saturated heterocycles. The maximum Gasteiger partial charge on any atom is 0.410 e. The third-order valence-electron chi connectivity index (χ3n) is 5.12. The first-order valence-corrected chi connectivity index (χ1v) is 9.76. The first-order chi connectivity index (χ1) is 13.1. The maximum atomic E-state index is 12.1. The number of hydrogen-bond donors (Lipinski definition) is 1. The van der Waals surface area contributed by atoms with E-state index in [2.05, 4.69) is 20.4 Å². The normalized spacial score (nSPS) is 18.5. The number of ether oxygens (including phenoxy) is 1. The molecule has 2 fully saturated rings. The molecule has 2 aromatic rings. The molecule has 150 valence electrons. The van der Waals surface area contributed by atoms with Crippen molar-refractivity contribution in [2.45, 2.75) is 45.3 Å². The molecule has 1 saturated carbocycles. The lowest BCUT2D eigenvalue weighted by atomic mass is 9.61. The van der Waals surface area contributed by atoms with Crippen molar-refractivity contribution >= 4 is 23.6 Å². The van der Waals surface area contributed by atoms with E-state index in [0.717, 1.165) is 31.5 Å². The Balaban J connectivity index is 1.32. The standard InChI is InChI=1S/C19H25ClN6O2/c1-18(2,3)28-17(27)26-10-19(11-26)5-13(6-19)23-16-21-8-14(20)15(24-16)12-7-22-25(4)9-12/h7-9,13H,5-6,10-11H2,1-4H3,(H,21,23,24). The summed E-state index contributed by atoms with van der Waals surface area (Å²) < 4.78 is 7.14. The molecule has 1 aliphatic carbocycles. The minimum Gasteiger partial charge on any atom is -0.444 e. The number of aromatic nitrogens is 4. The van der Waals surface area contributed by atoms with Crippen LogP contribution in [0, 0.1) is 5.41 Å². The summed E-state index contributed by atoms with van der Waals surface area (Å²) in [5.41, 5.74) is 1.27. The largest absolute Gasteiger partial charge is 0.444 e. The third-order valence-corrected chi connectivity index (χ3v) is 5.40. The molecule has 0 radical (unpaired) electrons. The molecule has 3 heterocycles. The summed E-state index contributed by atoms with van der Waals surface area (Å²) in [5.74, 6) is 0.562. The fourth-order valence-corrected chi connectivity index (χ4v) is 4.13. The highest BCUT2D eigenvalue weighted by atomic mass is 35.5. The highest BCUT2D eigenvalue weighted by Gasteiger charge is 2.54. The van der Waals surface area contributed by atoms with E-state index in [-0.39, 0.29) is 11.5 Å². The lowest BCUT2D eigenvalue weighted by molar-refractivity contribution is -0.0739. The Morgan fingerprint density at radius 2 is 2.04 bits per heavy atom. The van der Waals surface area contributed by atoms with Crippen LogP contribution in [0.3, 0.4) is 0 Å². The third kappa shape index (κ3) is 3.78. The summed E-state index contributed by atoms with van der Waals surface area (Å²) in [6.07, 6.45) is 6.96. The number of anilines is 1. The molecule has 9 heteroatoms. The number of amides is 1. The van der Waals surface area contributed by atoms with Crippen LogP contribution in [0.5, 0.6) is 0 Å². The van der Waals surface area contributed by atoms with Crippen molar-refractivity contribution in [1.82, 2.24) is 24.6 Å². The Morgan fingerprint density at radius 3 is 2.64 bits per heavy atom. The molecular formula is C19H25ClN6O2. The summed E-state index contributed by atoms with van der Waals surface area (Å²) in [5, 5.41) is 8.05. The second kappa shape index (κ2) is 6.62. The Hall–Kier alpha value is -2.35. The van der Waals surface area contributed by atoms with Gasteiger partial charge in [0.1, 0.15) is 5.60 Å². The van der Waals surface area contributed by atoms with Gasteiger partial charge in [-0.3, -0.25) is 4.68 Å². The number of halogens is 1. The maximum absolute atomic E-state index is 12.1. The van der Waals surface area contributed by atoms with Gasteiger partial charge in [0.25, 0.3) is 0 Å². The van der Waals surface area contributed by atoms with Gasteiger partial charge in [0, 0.05) is 43.4 Å². The zero-order chi connectivity index (χ0) is 20.1. The van der Waals surface area contributed by atoms with Crippen LogP contribution in [0.1, 0.15) is 33.6 Å². The molecular weight excluding hydrogens is 380 g/mol. The van der Waals surface area contributed by atoms with Crippen LogP contribution in [-0.4, -0.2) is 55.5 Å². The molecule has 2 aromatic heterocycles. The van der Waals surface area contributed by atoms with E-state index >= 15 is 0 Å². The Morgan fingerprint density at radius 1 is 1.32 bits per heavy atom. The van der Waals surface area contributed by atoms with Gasteiger partial charge in [0.05, 0.1) is 23.1 Å². The smallest absolute Gasteiger partial charge is 0.410 e. The van der Waals surface area contributed by atoms with Crippen molar-refractivity contribution in [2.24, 2.45) is 12.5 Å². The summed E-state index contributed by atoms with van der Waals surface area (Å²) in [4.78, 5) is 22.7. The van der Waals surface area contributed by atoms with Gasteiger partial charge in [-0.1, -0.05) is 11.6 Å². The number of nitrogens with one attached hydrogen (secondary N) is 1. The van der Waals surface area contributed by atoms with E-state index in [1.54, 1.807) is 22.0 Å². The molecule has 1 N–H and O–H groups in total. The molecule has 0 aromatic carbocycles. The van der Waals surface area contributed by atoms with Crippen LogP contribution in [0.25, 0.3) is 11.3 Å². The average molecular weight is 405 g/mol. The summed E-state index contributed by atoms with van der Waals surface area (Å²) >= 11 is 6.25. The van der Waals surface area contributed by atoms with Gasteiger partial charge in [-0.2, -0.15) is 5.10 Å².